The minimum absolute atomic E-state index is 0.476. The van der Waals surface area contributed by atoms with Crippen molar-refractivity contribution in [3.8, 4) is 0 Å². The largest absolute Gasteiger partial charge is 0.399 e. The molecule has 86 valence electrons. The summed E-state index contributed by atoms with van der Waals surface area (Å²) in [5, 5.41) is 8.57. The Bertz CT molecular complexity index is 549. The van der Waals surface area contributed by atoms with Crippen LogP contribution in [0.3, 0.4) is 0 Å². The zero-order valence-corrected chi connectivity index (χ0v) is 9.72. The van der Waals surface area contributed by atoms with Gasteiger partial charge in [0.1, 0.15) is 5.69 Å². The molecule has 0 aliphatic carbocycles. The van der Waals surface area contributed by atoms with E-state index < -0.39 is 0 Å². The monoisotopic (exact) mass is 246 g/mol. The summed E-state index contributed by atoms with van der Waals surface area (Å²) in [4.78, 5) is 0. The van der Waals surface area contributed by atoms with Crippen LogP contribution in [-0.4, -0.2) is 0 Å². The number of hydrogen-bond donors (Lipinski definition) is 2. The molecule has 0 amide bonds. The molecule has 0 radical (unpaired) electrons. The molecule has 0 fully saturated rings. The summed E-state index contributed by atoms with van der Waals surface area (Å²) in [5.41, 5.74) is 13.7. The number of azo groups is 1. The van der Waals surface area contributed by atoms with Crippen LogP contribution in [0.4, 0.5) is 22.7 Å². The smallest absolute Gasteiger partial charge is 0.104 e. The van der Waals surface area contributed by atoms with Crippen LogP contribution in [0.2, 0.25) is 5.02 Å². The highest BCUT2D eigenvalue weighted by Crippen LogP contribution is 2.28. The summed E-state index contributed by atoms with van der Waals surface area (Å²) in [6, 6.07) is 12.2. The van der Waals surface area contributed by atoms with Crippen LogP contribution in [0.15, 0.2) is 52.7 Å². The predicted octanol–water partition coefficient (Wildman–Crippen LogP) is 3.92. The number of benzene rings is 2. The molecule has 0 unspecified atom stereocenters. The van der Waals surface area contributed by atoms with E-state index in [4.69, 9.17) is 23.1 Å². The summed E-state index contributed by atoms with van der Waals surface area (Å²) in [6.07, 6.45) is 0. The van der Waals surface area contributed by atoms with Crippen molar-refractivity contribution in [2.45, 2.75) is 0 Å². The minimum atomic E-state index is 0.476. The van der Waals surface area contributed by atoms with Gasteiger partial charge in [-0.05, 0) is 42.5 Å². The van der Waals surface area contributed by atoms with Crippen LogP contribution in [-0.2, 0) is 0 Å². The molecular weight excluding hydrogens is 236 g/mol. The third-order valence-corrected chi connectivity index (χ3v) is 2.44. The van der Waals surface area contributed by atoms with Gasteiger partial charge in [-0.2, -0.15) is 5.11 Å². The molecule has 0 atom stereocenters. The zero-order valence-electron chi connectivity index (χ0n) is 8.97. The lowest BCUT2D eigenvalue weighted by atomic mass is 10.3. The Kier molecular flexibility index (Phi) is 3.25. The number of halogens is 1. The van der Waals surface area contributed by atoms with Crippen LogP contribution < -0.4 is 11.5 Å². The maximum absolute atomic E-state index is 5.97. The Labute approximate surface area is 104 Å². The van der Waals surface area contributed by atoms with Gasteiger partial charge in [0, 0.05) is 11.4 Å². The fourth-order valence-corrected chi connectivity index (χ4v) is 1.48. The van der Waals surface area contributed by atoms with Gasteiger partial charge in [0.05, 0.1) is 10.7 Å². The fraction of sp³-hybridized carbons (Fsp3) is 0. The van der Waals surface area contributed by atoms with E-state index in [1.807, 2.05) is 0 Å². The minimum Gasteiger partial charge on any atom is -0.399 e. The highest BCUT2D eigenvalue weighted by atomic mass is 35.5. The van der Waals surface area contributed by atoms with Gasteiger partial charge in [0.2, 0.25) is 0 Å². The molecule has 0 saturated heterocycles. The van der Waals surface area contributed by atoms with E-state index in [0.717, 1.165) is 0 Å². The first kappa shape index (κ1) is 11.4. The van der Waals surface area contributed by atoms with E-state index >= 15 is 0 Å². The Morgan fingerprint density at radius 3 is 2.12 bits per heavy atom. The van der Waals surface area contributed by atoms with Gasteiger partial charge in [0.25, 0.3) is 0 Å². The van der Waals surface area contributed by atoms with Crippen LogP contribution in [0, 0.1) is 0 Å². The topological polar surface area (TPSA) is 76.8 Å². The quantitative estimate of drug-likeness (QED) is 0.622. The Hall–Kier alpha value is -2.07. The third-order valence-electron chi connectivity index (χ3n) is 2.14. The van der Waals surface area contributed by atoms with E-state index in [0.29, 0.717) is 27.8 Å². The van der Waals surface area contributed by atoms with E-state index in [1.165, 1.54) is 0 Å². The lowest BCUT2D eigenvalue weighted by molar-refractivity contribution is 1.23. The van der Waals surface area contributed by atoms with Crippen LogP contribution in [0.1, 0.15) is 0 Å². The Morgan fingerprint density at radius 2 is 1.47 bits per heavy atom. The molecule has 0 bridgehead atoms. The molecule has 5 heteroatoms. The average molecular weight is 247 g/mol. The van der Waals surface area contributed by atoms with E-state index in [1.54, 1.807) is 42.5 Å². The number of anilines is 2. The first-order chi connectivity index (χ1) is 8.15. The van der Waals surface area contributed by atoms with Gasteiger partial charge in [-0.3, -0.25) is 0 Å². The second kappa shape index (κ2) is 4.84. The highest BCUT2D eigenvalue weighted by Gasteiger charge is 1.98. The second-order valence-electron chi connectivity index (χ2n) is 3.50. The van der Waals surface area contributed by atoms with Gasteiger partial charge >= 0.3 is 0 Å². The summed E-state index contributed by atoms with van der Waals surface area (Å²) < 4.78 is 0. The van der Waals surface area contributed by atoms with Crippen molar-refractivity contribution in [2.75, 3.05) is 11.5 Å². The summed E-state index contributed by atoms with van der Waals surface area (Å²) in [5.74, 6) is 0. The summed E-state index contributed by atoms with van der Waals surface area (Å²) in [6.45, 7) is 0. The lowest BCUT2D eigenvalue weighted by Crippen LogP contribution is -1.82. The van der Waals surface area contributed by atoms with Crippen LogP contribution in [0.25, 0.3) is 0 Å². The summed E-state index contributed by atoms with van der Waals surface area (Å²) in [7, 11) is 0. The highest BCUT2D eigenvalue weighted by molar-refractivity contribution is 6.33. The first-order valence-electron chi connectivity index (χ1n) is 4.97. The normalized spacial score (nSPS) is 10.9. The molecule has 0 heterocycles. The molecule has 17 heavy (non-hydrogen) atoms. The molecule has 2 rings (SSSR count). The molecule has 0 aromatic heterocycles. The van der Waals surface area contributed by atoms with Gasteiger partial charge < -0.3 is 11.5 Å². The third kappa shape index (κ3) is 2.95. The number of nitrogen functional groups attached to an aromatic ring is 2. The predicted molar refractivity (Wildman–Crippen MR) is 70.9 cm³/mol. The number of rotatable bonds is 2. The first-order valence-corrected chi connectivity index (χ1v) is 5.35. The number of hydrogen-bond acceptors (Lipinski definition) is 4. The average Bonchev–Trinajstić information content (AvgIpc) is 2.30. The van der Waals surface area contributed by atoms with Crippen LogP contribution >= 0.6 is 11.6 Å². The van der Waals surface area contributed by atoms with Crippen LogP contribution in [0.5, 0.6) is 0 Å². The lowest BCUT2D eigenvalue weighted by Gasteiger charge is -1.98. The maximum atomic E-state index is 5.97. The number of nitrogens with two attached hydrogens (primary N) is 2. The molecule has 0 saturated carbocycles. The molecule has 2 aromatic rings. The van der Waals surface area contributed by atoms with Gasteiger partial charge in [0.15, 0.2) is 0 Å². The fourth-order valence-electron chi connectivity index (χ4n) is 1.26. The zero-order chi connectivity index (χ0) is 12.3. The van der Waals surface area contributed by atoms with Crippen molar-refractivity contribution >= 4 is 34.4 Å². The van der Waals surface area contributed by atoms with Crippen molar-refractivity contribution in [3.05, 3.63) is 47.5 Å². The maximum Gasteiger partial charge on any atom is 0.104 e. The molecule has 2 aromatic carbocycles. The molecule has 0 spiro atoms. The van der Waals surface area contributed by atoms with Crippen molar-refractivity contribution in [3.63, 3.8) is 0 Å². The second-order valence-corrected chi connectivity index (χ2v) is 3.91. The molecule has 4 N–H and O–H groups in total. The van der Waals surface area contributed by atoms with Crippen molar-refractivity contribution in [2.24, 2.45) is 10.2 Å². The molecule has 0 aliphatic rings. The van der Waals surface area contributed by atoms with E-state index in [9.17, 15) is 0 Å². The van der Waals surface area contributed by atoms with E-state index in [-0.39, 0.29) is 0 Å². The standard InChI is InChI=1S/C12H11ClN4/c13-11-7-9(15)3-6-12(11)17-16-10-4-1-8(14)2-5-10/h1-7H,14-15H2/b17-16+. The molecule has 4 nitrogen and oxygen atoms in total. The van der Waals surface area contributed by atoms with E-state index in [2.05, 4.69) is 10.2 Å². The SMILES string of the molecule is Nc1ccc(/N=N/c2ccc(N)cc2Cl)cc1. The van der Waals surface area contributed by atoms with Gasteiger partial charge in [-0.1, -0.05) is 11.6 Å². The van der Waals surface area contributed by atoms with Crippen molar-refractivity contribution in [1.29, 1.82) is 0 Å². The molecule has 0 aliphatic heterocycles. The Balaban J connectivity index is 2.23. The van der Waals surface area contributed by atoms with Gasteiger partial charge in [-0.15, -0.1) is 5.11 Å². The number of nitrogens with zero attached hydrogens (tertiary/aromatic N) is 2. The summed E-state index contributed by atoms with van der Waals surface area (Å²) >= 11 is 5.97. The van der Waals surface area contributed by atoms with Crippen molar-refractivity contribution in [1.82, 2.24) is 0 Å². The molecular formula is C12H11ClN4. The van der Waals surface area contributed by atoms with Crippen molar-refractivity contribution < 1.29 is 0 Å². The Morgan fingerprint density at radius 1 is 0.824 bits per heavy atom. The van der Waals surface area contributed by atoms with Gasteiger partial charge in [-0.25, -0.2) is 0 Å².